The van der Waals surface area contributed by atoms with E-state index >= 15 is 0 Å². The van der Waals surface area contributed by atoms with Crippen molar-refractivity contribution in [3.63, 3.8) is 0 Å². The topological polar surface area (TPSA) is 23.5 Å². The molecule has 1 aromatic carbocycles. The minimum absolute atomic E-state index is 0.0760. The van der Waals surface area contributed by atoms with Crippen molar-refractivity contribution in [3.8, 4) is 0 Å². The fourth-order valence-electron chi connectivity index (χ4n) is 2.85. The van der Waals surface area contributed by atoms with Gasteiger partial charge in [0, 0.05) is 12.6 Å². The van der Waals surface area contributed by atoms with Gasteiger partial charge in [-0.15, -0.1) is 0 Å². The molecular formula is C15H20F3NO. The molecule has 1 aromatic rings. The maximum atomic E-state index is 12.3. The first kappa shape index (κ1) is 15.3. The number of aliphatic hydroxyl groups excluding tert-OH is 1. The minimum Gasteiger partial charge on any atom is -0.387 e. The van der Waals surface area contributed by atoms with Crippen molar-refractivity contribution in [2.45, 2.75) is 44.0 Å². The van der Waals surface area contributed by atoms with E-state index in [1.807, 2.05) is 24.3 Å². The van der Waals surface area contributed by atoms with Gasteiger partial charge in [0.1, 0.15) is 0 Å². The number of hydrogen-bond acceptors (Lipinski definition) is 2. The van der Waals surface area contributed by atoms with Crippen LogP contribution in [0.1, 0.15) is 36.5 Å². The summed E-state index contributed by atoms with van der Waals surface area (Å²) in [6.07, 6.45) is -3.24. The van der Waals surface area contributed by atoms with E-state index in [0.717, 1.165) is 24.0 Å². The van der Waals surface area contributed by atoms with E-state index < -0.39 is 18.7 Å². The molecule has 0 bridgehead atoms. The summed E-state index contributed by atoms with van der Waals surface area (Å²) in [5, 5.41) is 10.5. The van der Waals surface area contributed by atoms with Crippen LogP contribution >= 0.6 is 0 Å². The highest BCUT2D eigenvalue weighted by Gasteiger charge is 2.32. The Morgan fingerprint density at radius 1 is 1.30 bits per heavy atom. The van der Waals surface area contributed by atoms with Crippen molar-refractivity contribution in [1.82, 2.24) is 4.90 Å². The van der Waals surface area contributed by atoms with Gasteiger partial charge in [-0.1, -0.05) is 24.3 Å². The first-order valence-electron chi connectivity index (χ1n) is 6.91. The summed E-state index contributed by atoms with van der Waals surface area (Å²) in [7, 11) is 1.66. The molecule has 0 spiro atoms. The van der Waals surface area contributed by atoms with Crippen LogP contribution in [0.4, 0.5) is 13.2 Å². The second-order valence-corrected chi connectivity index (χ2v) is 5.45. The van der Waals surface area contributed by atoms with E-state index in [4.69, 9.17) is 0 Å². The Morgan fingerprint density at radius 2 is 2.00 bits per heavy atom. The number of nitrogens with zero attached hydrogens (tertiary/aromatic N) is 1. The van der Waals surface area contributed by atoms with Crippen LogP contribution in [-0.4, -0.2) is 35.8 Å². The van der Waals surface area contributed by atoms with Crippen LogP contribution in [0.2, 0.25) is 0 Å². The second kappa shape index (κ2) is 6.14. The lowest BCUT2D eigenvalue weighted by molar-refractivity contribution is -0.139. The average molecular weight is 287 g/mol. The zero-order valence-corrected chi connectivity index (χ0v) is 11.5. The Hall–Kier alpha value is -1.07. The van der Waals surface area contributed by atoms with E-state index in [1.54, 1.807) is 11.9 Å². The molecule has 5 heteroatoms. The van der Waals surface area contributed by atoms with Gasteiger partial charge in [0.25, 0.3) is 0 Å². The standard InChI is InChI=1S/C15H20F3NO/c1-19(10-9-15(16,17)18)13-8-4-6-11-5-2-3-7-12(11)14(13)20/h2-3,5,7,13-14,20H,4,6,8-10H2,1H3. The molecule has 0 radical (unpaired) electrons. The highest BCUT2D eigenvalue weighted by atomic mass is 19.4. The van der Waals surface area contributed by atoms with Crippen LogP contribution in [-0.2, 0) is 6.42 Å². The number of likely N-dealkylation sites (N-methyl/N-ethyl adjacent to an activating group) is 1. The molecule has 0 saturated carbocycles. The molecule has 2 unspecified atom stereocenters. The third-order valence-electron chi connectivity index (χ3n) is 4.00. The summed E-state index contributed by atoms with van der Waals surface area (Å²) < 4.78 is 36.9. The largest absolute Gasteiger partial charge is 0.390 e. The number of hydrogen-bond donors (Lipinski definition) is 1. The van der Waals surface area contributed by atoms with Crippen LogP contribution in [0.5, 0.6) is 0 Å². The van der Waals surface area contributed by atoms with Crippen LogP contribution in [0.15, 0.2) is 24.3 Å². The number of alkyl halides is 3. The molecular weight excluding hydrogens is 267 g/mol. The molecule has 112 valence electrons. The van der Waals surface area contributed by atoms with Crippen molar-refractivity contribution in [1.29, 1.82) is 0 Å². The van der Waals surface area contributed by atoms with Gasteiger partial charge in [-0.25, -0.2) is 0 Å². The number of fused-ring (bicyclic) bond motifs is 1. The number of rotatable bonds is 3. The van der Waals surface area contributed by atoms with Gasteiger partial charge in [-0.3, -0.25) is 0 Å². The van der Waals surface area contributed by atoms with Gasteiger partial charge in [0.15, 0.2) is 0 Å². The molecule has 0 amide bonds. The quantitative estimate of drug-likeness (QED) is 0.862. The third kappa shape index (κ3) is 3.73. The molecule has 0 fully saturated rings. The first-order valence-corrected chi connectivity index (χ1v) is 6.91. The van der Waals surface area contributed by atoms with Crippen molar-refractivity contribution in [3.05, 3.63) is 35.4 Å². The lowest BCUT2D eigenvalue weighted by Crippen LogP contribution is -2.38. The predicted octanol–water partition coefficient (Wildman–Crippen LogP) is 3.31. The number of halogens is 3. The lowest BCUT2D eigenvalue weighted by Gasteiger charge is -2.31. The molecule has 2 rings (SSSR count). The fourth-order valence-corrected chi connectivity index (χ4v) is 2.85. The Labute approximate surface area is 117 Å². The maximum Gasteiger partial charge on any atom is 0.390 e. The van der Waals surface area contributed by atoms with Crippen LogP contribution in [0, 0.1) is 0 Å². The number of benzene rings is 1. The zero-order chi connectivity index (χ0) is 14.8. The molecule has 1 aliphatic carbocycles. The van der Waals surface area contributed by atoms with E-state index in [0.29, 0.717) is 6.42 Å². The van der Waals surface area contributed by atoms with Gasteiger partial charge in [-0.2, -0.15) is 13.2 Å². The van der Waals surface area contributed by atoms with Crippen molar-refractivity contribution in [2.75, 3.05) is 13.6 Å². The molecule has 20 heavy (non-hydrogen) atoms. The first-order chi connectivity index (χ1) is 9.38. The molecule has 0 heterocycles. The lowest BCUT2D eigenvalue weighted by atomic mass is 9.98. The second-order valence-electron chi connectivity index (χ2n) is 5.45. The highest BCUT2D eigenvalue weighted by molar-refractivity contribution is 5.31. The molecule has 1 N–H and O–H groups in total. The van der Waals surface area contributed by atoms with Gasteiger partial charge in [-0.05, 0) is 37.4 Å². The minimum atomic E-state index is -4.15. The van der Waals surface area contributed by atoms with Gasteiger partial charge in [0.2, 0.25) is 0 Å². The van der Waals surface area contributed by atoms with E-state index in [-0.39, 0.29) is 12.6 Å². The molecule has 2 atom stereocenters. The van der Waals surface area contributed by atoms with Crippen LogP contribution < -0.4 is 0 Å². The Bertz CT molecular complexity index is 447. The summed E-state index contributed by atoms with van der Waals surface area (Å²) in [5.74, 6) is 0. The molecule has 0 saturated heterocycles. The predicted molar refractivity (Wildman–Crippen MR) is 71.4 cm³/mol. The van der Waals surface area contributed by atoms with E-state index in [1.165, 1.54) is 0 Å². The zero-order valence-electron chi connectivity index (χ0n) is 11.5. The van der Waals surface area contributed by atoms with E-state index in [2.05, 4.69) is 0 Å². The smallest absolute Gasteiger partial charge is 0.387 e. The van der Waals surface area contributed by atoms with Gasteiger partial charge < -0.3 is 10.0 Å². The van der Waals surface area contributed by atoms with Crippen LogP contribution in [0.25, 0.3) is 0 Å². The average Bonchev–Trinajstić information content (AvgIpc) is 2.55. The molecule has 1 aliphatic rings. The Balaban J connectivity index is 2.09. The van der Waals surface area contributed by atoms with Gasteiger partial charge in [0.05, 0.1) is 12.5 Å². The molecule has 0 aliphatic heterocycles. The summed E-state index contributed by atoms with van der Waals surface area (Å²) >= 11 is 0. The highest BCUT2D eigenvalue weighted by Crippen LogP contribution is 2.32. The fraction of sp³-hybridized carbons (Fsp3) is 0.600. The third-order valence-corrected chi connectivity index (χ3v) is 4.00. The number of aryl methyl sites for hydroxylation is 1. The normalized spacial score (nSPS) is 23.5. The molecule has 0 aromatic heterocycles. The van der Waals surface area contributed by atoms with Crippen molar-refractivity contribution < 1.29 is 18.3 Å². The number of aliphatic hydroxyl groups is 1. The van der Waals surface area contributed by atoms with Crippen LogP contribution in [0.3, 0.4) is 0 Å². The SMILES string of the molecule is CN(CCC(F)(F)F)C1CCCc2ccccc2C1O. The summed E-state index contributed by atoms with van der Waals surface area (Å²) in [5.41, 5.74) is 1.96. The summed E-state index contributed by atoms with van der Waals surface area (Å²) in [6.45, 7) is -0.0760. The van der Waals surface area contributed by atoms with E-state index in [9.17, 15) is 18.3 Å². The van der Waals surface area contributed by atoms with Gasteiger partial charge >= 0.3 is 6.18 Å². The van der Waals surface area contributed by atoms with Crippen molar-refractivity contribution >= 4 is 0 Å². The molecule has 2 nitrogen and oxygen atoms in total. The Morgan fingerprint density at radius 3 is 2.70 bits per heavy atom. The monoisotopic (exact) mass is 287 g/mol. The summed E-state index contributed by atoms with van der Waals surface area (Å²) in [4.78, 5) is 1.64. The summed E-state index contributed by atoms with van der Waals surface area (Å²) in [6, 6.07) is 7.40. The Kier molecular flexibility index (Phi) is 4.70. The van der Waals surface area contributed by atoms with Crippen molar-refractivity contribution in [2.24, 2.45) is 0 Å². The maximum absolute atomic E-state index is 12.3.